The lowest BCUT2D eigenvalue weighted by Gasteiger charge is -2.33. The first-order valence-corrected chi connectivity index (χ1v) is 12.4. The molecule has 1 aliphatic rings. The van der Waals surface area contributed by atoms with Crippen LogP contribution in [0.1, 0.15) is 19.4 Å². The Morgan fingerprint density at radius 2 is 1.86 bits per heavy atom. The molecular weight excluding hydrogens is 458 g/mol. The largest absolute Gasteiger partial charge is 0.482 e. The SMILES string of the molecule is CCc1ccc(NC(=O)C(C)N2C(=O)COc3ccc(-c4csc(-c5ccccc5)n4)cc32)cc1. The molecule has 7 heteroatoms. The Hall–Kier alpha value is -3.97. The molecule has 0 aliphatic carbocycles. The molecule has 1 atom stereocenters. The number of rotatable bonds is 6. The van der Waals surface area contributed by atoms with Gasteiger partial charge in [-0.05, 0) is 49.2 Å². The number of aryl methyl sites for hydroxylation is 1. The summed E-state index contributed by atoms with van der Waals surface area (Å²) in [6.07, 6.45) is 0.928. The molecule has 1 unspecified atom stereocenters. The van der Waals surface area contributed by atoms with E-state index in [4.69, 9.17) is 9.72 Å². The van der Waals surface area contributed by atoms with Crippen molar-refractivity contribution in [3.8, 4) is 27.6 Å². The summed E-state index contributed by atoms with van der Waals surface area (Å²) in [6, 6.07) is 22.6. The van der Waals surface area contributed by atoms with Crippen LogP contribution < -0.4 is 15.0 Å². The summed E-state index contributed by atoms with van der Waals surface area (Å²) in [4.78, 5) is 32.3. The van der Waals surface area contributed by atoms with E-state index in [0.717, 1.165) is 28.2 Å². The number of hydrogen-bond acceptors (Lipinski definition) is 5. The normalized spacial score (nSPS) is 13.7. The van der Waals surface area contributed by atoms with Crippen molar-refractivity contribution in [2.24, 2.45) is 0 Å². The van der Waals surface area contributed by atoms with E-state index >= 15 is 0 Å². The zero-order chi connectivity index (χ0) is 24.4. The number of ether oxygens (including phenoxy) is 1. The molecule has 3 aromatic carbocycles. The second kappa shape index (κ2) is 9.72. The molecule has 6 nitrogen and oxygen atoms in total. The number of amides is 2. The van der Waals surface area contributed by atoms with E-state index in [1.165, 1.54) is 10.5 Å². The maximum Gasteiger partial charge on any atom is 0.265 e. The van der Waals surface area contributed by atoms with Crippen LogP contribution in [0.5, 0.6) is 5.75 Å². The predicted molar refractivity (Wildman–Crippen MR) is 140 cm³/mol. The summed E-state index contributed by atoms with van der Waals surface area (Å²) >= 11 is 1.56. The van der Waals surface area contributed by atoms with E-state index in [9.17, 15) is 9.59 Å². The smallest absolute Gasteiger partial charge is 0.265 e. The molecule has 35 heavy (non-hydrogen) atoms. The van der Waals surface area contributed by atoms with E-state index in [1.807, 2.05) is 78.2 Å². The highest BCUT2D eigenvalue weighted by atomic mass is 32.1. The van der Waals surface area contributed by atoms with Crippen molar-refractivity contribution < 1.29 is 14.3 Å². The van der Waals surface area contributed by atoms with Crippen LogP contribution >= 0.6 is 11.3 Å². The van der Waals surface area contributed by atoms with Crippen molar-refractivity contribution in [3.63, 3.8) is 0 Å². The Labute approximate surface area is 208 Å². The third-order valence-electron chi connectivity index (χ3n) is 6.06. The minimum atomic E-state index is -0.721. The fourth-order valence-electron chi connectivity index (χ4n) is 4.06. The topological polar surface area (TPSA) is 71.5 Å². The second-order valence-electron chi connectivity index (χ2n) is 8.35. The molecule has 4 aromatic rings. The molecule has 2 amide bonds. The van der Waals surface area contributed by atoms with Crippen LogP contribution in [0.2, 0.25) is 0 Å². The highest BCUT2D eigenvalue weighted by molar-refractivity contribution is 7.13. The molecule has 2 heterocycles. The van der Waals surface area contributed by atoms with Crippen LogP contribution in [0, 0.1) is 0 Å². The van der Waals surface area contributed by atoms with E-state index < -0.39 is 6.04 Å². The third kappa shape index (κ3) is 4.68. The van der Waals surface area contributed by atoms with Crippen molar-refractivity contribution in [3.05, 3.63) is 83.7 Å². The van der Waals surface area contributed by atoms with Gasteiger partial charge in [0.05, 0.1) is 11.4 Å². The molecule has 1 aliphatic heterocycles. The number of thiazole rings is 1. The number of fused-ring (bicyclic) bond motifs is 1. The first-order chi connectivity index (χ1) is 17.0. The van der Waals surface area contributed by atoms with Gasteiger partial charge in [0.1, 0.15) is 16.8 Å². The van der Waals surface area contributed by atoms with Crippen molar-refractivity contribution in [1.29, 1.82) is 0 Å². The summed E-state index contributed by atoms with van der Waals surface area (Å²) in [5.74, 6) is 0.0431. The molecule has 1 N–H and O–H groups in total. The number of carbonyl (C=O) groups is 2. The molecule has 1 aromatic heterocycles. The predicted octanol–water partition coefficient (Wildman–Crippen LogP) is 5.79. The Morgan fingerprint density at radius 1 is 1.09 bits per heavy atom. The number of carbonyl (C=O) groups excluding carboxylic acids is 2. The van der Waals surface area contributed by atoms with Gasteiger partial charge >= 0.3 is 0 Å². The van der Waals surface area contributed by atoms with Gasteiger partial charge in [-0.2, -0.15) is 0 Å². The van der Waals surface area contributed by atoms with Gasteiger partial charge in [-0.1, -0.05) is 49.4 Å². The Bertz CT molecular complexity index is 1370. The highest BCUT2D eigenvalue weighted by Crippen LogP contribution is 2.38. The molecular formula is C28H25N3O3S. The van der Waals surface area contributed by atoms with Crippen LogP contribution in [0.15, 0.2) is 78.2 Å². The summed E-state index contributed by atoms with van der Waals surface area (Å²) < 4.78 is 5.66. The first-order valence-electron chi connectivity index (χ1n) is 11.5. The summed E-state index contributed by atoms with van der Waals surface area (Å²) in [6.45, 7) is 3.70. The number of aromatic nitrogens is 1. The molecule has 0 spiro atoms. The molecule has 0 bridgehead atoms. The fourth-order valence-corrected chi connectivity index (χ4v) is 4.90. The standard InChI is InChI=1S/C28H25N3O3S/c1-3-19-9-12-22(13-10-19)29-27(33)18(2)31-24-15-21(11-14-25(24)34-16-26(31)32)23-17-35-28(30-23)20-7-5-4-6-8-20/h4-15,17-18H,3,16H2,1-2H3,(H,29,33). The van der Waals surface area contributed by atoms with Crippen LogP contribution in [0.4, 0.5) is 11.4 Å². The van der Waals surface area contributed by atoms with E-state index in [2.05, 4.69) is 12.2 Å². The summed E-state index contributed by atoms with van der Waals surface area (Å²) in [5.41, 5.74) is 5.18. The van der Waals surface area contributed by atoms with E-state index in [0.29, 0.717) is 17.1 Å². The lowest BCUT2D eigenvalue weighted by atomic mass is 10.1. The molecule has 176 valence electrons. The third-order valence-corrected chi connectivity index (χ3v) is 6.95. The van der Waals surface area contributed by atoms with Gasteiger partial charge in [0.15, 0.2) is 6.61 Å². The zero-order valence-electron chi connectivity index (χ0n) is 19.5. The number of benzene rings is 3. The lowest BCUT2D eigenvalue weighted by Crippen LogP contribution is -2.49. The summed E-state index contributed by atoms with van der Waals surface area (Å²) in [5, 5.41) is 5.84. The van der Waals surface area contributed by atoms with Gasteiger partial charge in [0, 0.05) is 22.2 Å². The first kappa shape index (κ1) is 22.8. The van der Waals surface area contributed by atoms with Crippen molar-refractivity contribution in [1.82, 2.24) is 4.98 Å². The Morgan fingerprint density at radius 3 is 2.60 bits per heavy atom. The van der Waals surface area contributed by atoms with Crippen molar-refractivity contribution in [2.45, 2.75) is 26.3 Å². The van der Waals surface area contributed by atoms with Gasteiger partial charge < -0.3 is 10.1 Å². The van der Waals surface area contributed by atoms with Crippen molar-refractivity contribution >= 4 is 34.5 Å². The van der Waals surface area contributed by atoms with Gasteiger partial charge in [0.25, 0.3) is 5.91 Å². The lowest BCUT2D eigenvalue weighted by molar-refractivity contribution is -0.125. The number of anilines is 2. The minimum Gasteiger partial charge on any atom is -0.482 e. The van der Waals surface area contributed by atoms with Crippen LogP contribution in [-0.2, 0) is 16.0 Å². The minimum absolute atomic E-state index is 0.107. The van der Waals surface area contributed by atoms with Crippen molar-refractivity contribution in [2.75, 3.05) is 16.8 Å². The summed E-state index contributed by atoms with van der Waals surface area (Å²) in [7, 11) is 0. The van der Waals surface area contributed by atoms with E-state index in [-0.39, 0.29) is 18.4 Å². The Kier molecular flexibility index (Phi) is 6.33. The molecule has 5 rings (SSSR count). The second-order valence-corrected chi connectivity index (χ2v) is 9.21. The number of hydrogen-bond donors (Lipinski definition) is 1. The van der Waals surface area contributed by atoms with Gasteiger partial charge in [-0.25, -0.2) is 4.98 Å². The maximum absolute atomic E-state index is 13.1. The number of nitrogens with zero attached hydrogens (tertiary/aromatic N) is 2. The van der Waals surface area contributed by atoms with Crippen LogP contribution in [-0.4, -0.2) is 29.4 Å². The zero-order valence-corrected chi connectivity index (χ0v) is 20.3. The van der Waals surface area contributed by atoms with Crippen LogP contribution in [0.3, 0.4) is 0 Å². The highest BCUT2D eigenvalue weighted by Gasteiger charge is 2.33. The average Bonchev–Trinajstić information content (AvgIpc) is 3.39. The quantitative estimate of drug-likeness (QED) is 0.377. The molecule has 0 radical (unpaired) electrons. The molecule has 0 saturated heterocycles. The Balaban J connectivity index is 1.42. The van der Waals surface area contributed by atoms with Gasteiger partial charge in [0.2, 0.25) is 5.91 Å². The van der Waals surface area contributed by atoms with Crippen LogP contribution in [0.25, 0.3) is 21.8 Å². The monoisotopic (exact) mass is 483 g/mol. The van der Waals surface area contributed by atoms with Gasteiger partial charge in [-0.3, -0.25) is 14.5 Å². The number of nitrogens with one attached hydrogen (secondary N) is 1. The molecule has 0 saturated carbocycles. The average molecular weight is 484 g/mol. The van der Waals surface area contributed by atoms with E-state index in [1.54, 1.807) is 18.3 Å². The maximum atomic E-state index is 13.1. The fraction of sp³-hybridized carbons (Fsp3) is 0.179. The molecule has 0 fully saturated rings. The van der Waals surface area contributed by atoms with Gasteiger partial charge in [-0.15, -0.1) is 11.3 Å².